The molecule has 5 aromatic rings. The van der Waals surface area contributed by atoms with Gasteiger partial charge in [0.1, 0.15) is 5.82 Å². The molecule has 11 heteroatoms. The number of carbonyl (C=O) groups excluding carboxylic acids is 1. The van der Waals surface area contributed by atoms with Crippen LogP contribution in [-0.4, -0.2) is 53.8 Å². The van der Waals surface area contributed by atoms with Crippen molar-refractivity contribution in [3.05, 3.63) is 99.5 Å². The molecule has 1 aliphatic rings. The van der Waals surface area contributed by atoms with Gasteiger partial charge in [-0.2, -0.15) is 0 Å². The Morgan fingerprint density at radius 3 is 2.50 bits per heavy atom. The number of amides is 1. The monoisotopic (exact) mass is 575 g/mol. The van der Waals surface area contributed by atoms with E-state index in [4.69, 9.17) is 4.98 Å². The van der Waals surface area contributed by atoms with E-state index < -0.39 is 0 Å². The Bertz CT molecular complexity index is 1810. The fourth-order valence-corrected chi connectivity index (χ4v) is 7.08. The lowest BCUT2D eigenvalue weighted by Crippen LogP contribution is -2.41. The SMILES string of the molecule is O=C(CSCSc1nc2ccccc2c(=O)n1-c1ccc(F)cc1)N1CCC(n2c(=O)[nH]c3ccccc32)CC1. The highest BCUT2D eigenvalue weighted by Gasteiger charge is 2.26. The van der Waals surface area contributed by atoms with Crippen molar-refractivity contribution >= 4 is 51.4 Å². The van der Waals surface area contributed by atoms with Gasteiger partial charge in [-0.15, -0.1) is 11.8 Å². The van der Waals surface area contributed by atoms with Gasteiger partial charge in [-0.1, -0.05) is 36.0 Å². The highest BCUT2D eigenvalue weighted by molar-refractivity contribution is 8.16. The van der Waals surface area contributed by atoms with Gasteiger partial charge < -0.3 is 9.88 Å². The van der Waals surface area contributed by atoms with Crippen LogP contribution in [0, 0.1) is 5.82 Å². The fourth-order valence-electron chi connectivity index (χ4n) is 5.15. The maximum Gasteiger partial charge on any atom is 0.326 e. The molecular formula is C29H26FN5O3S2. The second-order valence-corrected chi connectivity index (χ2v) is 11.9. The summed E-state index contributed by atoms with van der Waals surface area (Å²) in [5.74, 6) is -0.0249. The zero-order valence-electron chi connectivity index (χ0n) is 21.5. The number of thioether (sulfide) groups is 2. The van der Waals surface area contributed by atoms with Gasteiger partial charge in [0.05, 0.1) is 33.4 Å². The molecule has 8 nitrogen and oxygen atoms in total. The van der Waals surface area contributed by atoms with E-state index in [9.17, 15) is 18.8 Å². The van der Waals surface area contributed by atoms with E-state index >= 15 is 0 Å². The quantitative estimate of drug-likeness (QED) is 0.130. The lowest BCUT2D eigenvalue weighted by molar-refractivity contribution is -0.129. The number of carbonyl (C=O) groups is 1. The molecule has 1 amide bonds. The smallest absolute Gasteiger partial charge is 0.326 e. The summed E-state index contributed by atoms with van der Waals surface area (Å²) in [6.07, 6.45) is 1.44. The Hall–Kier alpha value is -3.83. The number of nitrogens with zero attached hydrogens (tertiary/aromatic N) is 4. The molecule has 1 N–H and O–H groups in total. The molecule has 6 rings (SSSR count). The van der Waals surface area contributed by atoms with Crippen LogP contribution in [0.5, 0.6) is 0 Å². The normalized spacial score (nSPS) is 14.3. The Labute approximate surface area is 237 Å². The highest BCUT2D eigenvalue weighted by atomic mass is 32.2. The predicted molar refractivity (Wildman–Crippen MR) is 158 cm³/mol. The van der Waals surface area contributed by atoms with E-state index in [2.05, 4.69) is 4.98 Å². The van der Waals surface area contributed by atoms with Crippen molar-refractivity contribution in [2.24, 2.45) is 0 Å². The van der Waals surface area contributed by atoms with E-state index in [0.29, 0.717) is 45.7 Å². The van der Waals surface area contributed by atoms with Crippen LogP contribution in [0.2, 0.25) is 0 Å². The van der Waals surface area contributed by atoms with Crippen molar-refractivity contribution in [3.8, 4) is 5.69 Å². The van der Waals surface area contributed by atoms with Crippen molar-refractivity contribution in [2.75, 3.05) is 23.9 Å². The summed E-state index contributed by atoms with van der Waals surface area (Å²) < 4.78 is 16.9. The van der Waals surface area contributed by atoms with Gasteiger partial charge in [0.25, 0.3) is 5.56 Å². The number of aromatic nitrogens is 4. The number of fused-ring (bicyclic) bond motifs is 2. The van der Waals surface area contributed by atoms with Crippen molar-refractivity contribution < 1.29 is 9.18 Å². The molecule has 3 heterocycles. The number of piperidine rings is 1. The standard InChI is InChI=1S/C29H26FN5O3S2/c30-19-9-11-20(12-10-19)35-27(37)22-5-1-2-6-23(22)32-29(35)40-18-39-17-26(36)33-15-13-21(14-16-33)34-25-8-4-3-7-24(25)31-28(34)38/h1-12,21H,13-18H2,(H,31,38). The highest BCUT2D eigenvalue weighted by Crippen LogP contribution is 2.27. The molecule has 204 valence electrons. The molecule has 0 unspecified atom stereocenters. The van der Waals surface area contributed by atoms with Gasteiger partial charge in [0.15, 0.2) is 5.16 Å². The van der Waals surface area contributed by atoms with Gasteiger partial charge in [-0.25, -0.2) is 14.2 Å². The molecular weight excluding hydrogens is 549 g/mol. The molecule has 2 aromatic heterocycles. The summed E-state index contributed by atoms with van der Waals surface area (Å²) >= 11 is 2.84. The number of H-pyrrole nitrogens is 1. The lowest BCUT2D eigenvalue weighted by atomic mass is 10.0. The van der Waals surface area contributed by atoms with Crippen LogP contribution in [0.3, 0.4) is 0 Å². The molecule has 1 fully saturated rings. The average Bonchev–Trinajstić information content (AvgIpc) is 3.31. The first kappa shape index (κ1) is 26.4. The molecule has 3 aromatic carbocycles. The van der Waals surface area contributed by atoms with Crippen molar-refractivity contribution in [1.29, 1.82) is 0 Å². The largest absolute Gasteiger partial charge is 0.342 e. The first-order valence-corrected chi connectivity index (χ1v) is 15.1. The molecule has 1 saturated heterocycles. The fraction of sp³-hybridized carbons (Fsp3) is 0.241. The number of hydrogen-bond donors (Lipinski definition) is 1. The molecule has 0 atom stereocenters. The molecule has 0 bridgehead atoms. The third kappa shape index (κ3) is 5.18. The van der Waals surface area contributed by atoms with E-state index in [-0.39, 0.29) is 29.0 Å². The molecule has 0 spiro atoms. The number of hydrogen-bond acceptors (Lipinski definition) is 6. The summed E-state index contributed by atoms with van der Waals surface area (Å²) in [6, 6.07) is 20.6. The van der Waals surface area contributed by atoms with Gasteiger partial charge in [-0.3, -0.25) is 18.7 Å². The van der Waals surface area contributed by atoms with Crippen LogP contribution in [0.15, 0.2) is 87.5 Å². The van der Waals surface area contributed by atoms with Gasteiger partial charge in [0, 0.05) is 24.2 Å². The minimum Gasteiger partial charge on any atom is -0.342 e. The Morgan fingerprint density at radius 1 is 0.975 bits per heavy atom. The number of likely N-dealkylation sites (tertiary alicyclic amines) is 1. The number of nitrogens with one attached hydrogen (secondary N) is 1. The van der Waals surface area contributed by atoms with Crippen LogP contribution in [0.25, 0.3) is 27.6 Å². The van der Waals surface area contributed by atoms with Crippen molar-refractivity contribution in [2.45, 2.75) is 24.0 Å². The van der Waals surface area contributed by atoms with E-state index in [1.54, 1.807) is 30.3 Å². The first-order chi connectivity index (χ1) is 19.5. The second kappa shape index (κ2) is 11.3. The third-order valence-electron chi connectivity index (χ3n) is 7.13. The second-order valence-electron chi connectivity index (χ2n) is 9.57. The third-order valence-corrected chi connectivity index (χ3v) is 9.25. The minimum atomic E-state index is -0.383. The van der Waals surface area contributed by atoms with Crippen LogP contribution in [0.4, 0.5) is 4.39 Å². The van der Waals surface area contributed by atoms with Crippen LogP contribution < -0.4 is 11.2 Å². The summed E-state index contributed by atoms with van der Waals surface area (Å²) in [4.78, 5) is 48.3. The Morgan fingerprint density at radius 2 is 1.70 bits per heavy atom. The maximum atomic E-state index is 13.5. The zero-order chi connectivity index (χ0) is 27.6. The molecule has 40 heavy (non-hydrogen) atoms. The van der Waals surface area contributed by atoms with Crippen molar-refractivity contribution in [3.63, 3.8) is 0 Å². The summed E-state index contributed by atoms with van der Waals surface area (Å²) in [7, 11) is 0. The number of imidazole rings is 1. The topological polar surface area (TPSA) is 93.0 Å². The van der Waals surface area contributed by atoms with E-state index in [1.165, 1.54) is 40.2 Å². The number of rotatable bonds is 7. The Balaban J connectivity index is 1.09. The van der Waals surface area contributed by atoms with Gasteiger partial charge in [0.2, 0.25) is 5.91 Å². The number of aromatic amines is 1. The molecule has 0 radical (unpaired) electrons. The van der Waals surface area contributed by atoms with Crippen LogP contribution in [-0.2, 0) is 4.79 Å². The number of para-hydroxylation sites is 3. The summed E-state index contributed by atoms with van der Waals surface area (Å²) in [5.41, 5.74) is 2.51. The maximum absolute atomic E-state index is 13.5. The van der Waals surface area contributed by atoms with Gasteiger partial charge in [-0.05, 0) is 61.4 Å². The first-order valence-electron chi connectivity index (χ1n) is 12.9. The number of halogens is 1. The summed E-state index contributed by atoms with van der Waals surface area (Å²) in [5, 5.41) is 1.48. The number of benzene rings is 3. The Kier molecular flexibility index (Phi) is 7.48. The molecule has 1 aliphatic heterocycles. The van der Waals surface area contributed by atoms with E-state index in [0.717, 1.165) is 23.9 Å². The zero-order valence-corrected chi connectivity index (χ0v) is 23.1. The molecule has 0 aliphatic carbocycles. The summed E-state index contributed by atoms with van der Waals surface area (Å²) in [6.45, 7) is 1.19. The van der Waals surface area contributed by atoms with Crippen molar-refractivity contribution in [1.82, 2.24) is 24.0 Å². The van der Waals surface area contributed by atoms with Crippen LogP contribution in [0.1, 0.15) is 18.9 Å². The molecule has 0 saturated carbocycles. The minimum absolute atomic E-state index is 0.0534. The lowest BCUT2D eigenvalue weighted by Gasteiger charge is -2.32. The average molecular weight is 576 g/mol. The predicted octanol–water partition coefficient (Wildman–Crippen LogP) is 4.81. The van der Waals surface area contributed by atoms with E-state index in [1.807, 2.05) is 39.8 Å². The van der Waals surface area contributed by atoms with Gasteiger partial charge >= 0.3 is 5.69 Å². The van der Waals surface area contributed by atoms with Crippen LogP contribution >= 0.6 is 23.5 Å².